The number of carboxylic acids is 1. The summed E-state index contributed by atoms with van der Waals surface area (Å²) < 4.78 is 5.81. The first-order chi connectivity index (χ1) is 13.0. The van der Waals surface area contributed by atoms with Crippen molar-refractivity contribution in [3.63, 3.8) is 0 Å². The predicted octanol–water partition coefficient (Wildman–Crippen LogP) is 4.32. The van der Waals surface area contributed by atoms with E-state index in [0.29, 0.717) is 22.9 Å². The van der Waals surface area contributed by atoms with E-state index in [1.54, 1.807) is 19.1 Å². The molecule has 0 amide bonds. The number of aromatic nitrogens is 2. The number of rotatable bonds is 6. The fourth-order valence-corrected chi connectivity index (χ4v) is 2.55. The van der Waals surface area contributed by atoms with E-state index in [9.17, 15) is 9.90 Å². The lowest BCUT2D eigenvalue weighted by Crippen LogP contribution is -2.04. The number of benzene rings is 2. The van der Waals surface area contributed by atoms with E-state index in [0.717, 1.165) is 11.3 Å². The summed E-state index contributed by atoms with van der Waals surface area (Å²) in [6, 6.07) is 14.1. The second-order valence-electron chi connectivity index (χ2n) is 6.02. The SMILES string of the molecule is C/C(=N\Oc1cc(C)ccc1C(=O)O)c1c(Oc2ccccc2)n[nH]c1C. The Bertz CT molecular complexity index is 994. The highest BCUT2D eigenvalue weighted by atomic mass is 16.6. The molecule has 0 radical (unpaired) electrons. The average molecular weight is 365 g/mol. The molecule has 0 unspecified atom stereocenters. The van der Waals surface area contributed by atoms with Crippen LogP contribution in [0, 0.1) is 13.8 Å². The molecular weight excluding hydrogens is 346 g/mol. The van der Waals surface area contributed by atoms with Crippen molar-refractivity contribution >= 4 is 11.7 Å². The Kier molecular flexibility index (Phi) is 5.21. The van der Waals surface area contributed by atoms with Gasteiger partial charge < -0.3 is 14.7 Å². The van der Waals surface area contributed by atoms with Gasteiger partial charge in [0.05, 0.1) is 11.3 Å². The monoisotopic (exact) mass is 365 g/mol. The molecular formula is C20H19N3O4. The van der Waals surface area contributed by atoms with E-state index < -0.39 is 5.97 Å². The van der Waals surface area contributed by atoms with E-state index in [1.807, 2.05) is 44.2 Å². The lowest BCUT2D eigenvalue weighted by Gasteiger charge is -2.08. The van der Waals surface area contributed by atoms with Gasteiger partial charge in [0.25, 0.3) is 0 Å². The number of H-pyrrole nitrogens is 1. The number of ether oxygens (including phenoxy) is 1. The number of aromatic amines is 1. The summed E-state index contributed by atoms with van der Waals surface area (Å²) in [6.07, 6.45) is 0. The van der Waals surface area contributed by atoms with Crippen LogP contribution in [0.1, 0.15) is 34.1 Å². The normalized spacial score (nSPS) is 11.3. The molecule has 0 aliphatic rings. The molecule has 7 nitrogen and oxygen atoms in total. The first-order valence-corrected chi connectivity index (χ1v) is 8.29. The molecule has 3 rings (SSSR count). The van der Waals surface area contributed by atoms with Crippen molar-refractivity contribution in [2.24, 2.45) is 5.16 Å². The number of carboxylic acid groups (broad SMARTS) is 1. The Morgan fingerprint density at radius 1 is 1.15 bits per heavy atom. The molecule has 27 heavy (non-hydrogen) atoms. The minimum Gasteiger partial charge on any atom is -0.478 e. The maximum Gasteiger partial charge on any atom is 0.339 e. The summed E-state index contributed by atoms with van der Waals surface area (Å²) in [5.74, 6) is 0.107. The predicted molar refractivity (Wildman–Crippen MR) is 101 cm³/mol. The Labute approximate surface area is 156 Å². The van der Waals surface area contributed by atoms with Gasteiger partial charge in [0.15, 0.2) is 5.75 Å². The van der Waals surface area contributed by atoms with Crippen LogP contribution >= 0.6 is 0 Å². The van der Waals surface area contributed by atoms with Crippen molar-refractivity contribution in [1.29, 1.82) is 0 Å². The molecule has 0 aliphatic carbocycles. The zero-order valence-corrected chi connectivity index (χ0v) is 15.2. The summed E-state index contributed by atoms with van der Waals surface area (Å²) >= 11 is 0. The van der Waals surface area contributed by atoms with Crippen LogP contribution in [0.5, 0.6) is 17.4 Å². The van der Waals surface area contributed by atoms with Crippen LogP contribution in [-0.4, -0.2) is 27.0 Å². The van der Waals surface area contributed by atoms with Crippen LogP contribution in [0.2, 0.25) is 0 Å². The van der Waals surface area contributed by atoms with E-state index in [2.05, 4.69) is 15.4 Å². The van der Waals surface area contributed by atoms with Gasteiger partial charge in [0.2, 0.25) is 5.88 Å². The van der Waals surface area contributed by atoms with Crippen LogP contribution in [0.15, 0.2) is 53.7 Å². The van der Waals surface area contributed by atoms with Crippen LogP contribution < -0.4 is 9.57 Å². The second-order valence-corrected chi connectivity index (χ2v) is 6.02. The fourth-order valence-electron chi connectivity index (χ4n) is 2.55. The lowest BCUT2D eigenvalue weighted by molar-refractivity contribution is 0.0692. The van der Waals surface area contributed by atoms with Crippen molar-refractivity contribution in [1.82, 2.24) is 10.2 Å². The zero-order chi connectivity index (χ0) is 19.4. The van der Waals surface area contributed by atoms with Gasteiger partial charge >= 0.3 is 5.97 Å². The molecule has 1 heterocycles. The number of nitrogens with zero attached hydrogens (tertiary/aromatic N) is 2. The second kappa shape index (κ2) is 7.74. The highest BCUT2D eigenvalue weighted by Gasteiger charge is 2.17. The third-order valence-corrected chi connectivity index (χ3v) is 3.88. The smallest absolute Gasteiger partial charge is 0.339 e. The summed E-state index contributed by atoms with van der Waals surface area (Å²) in [7, 11) is 0. The maximum atomic E-state index is 11.4. The summed E-state index contributed by atoms with van der Waals surface area (Å²) in [5.41, 5.74) is 2.83. The Hall–Kier alpha value is -3.61. The van der Waals surface area contributed by atoms with Gasteiger partial charge in [-0.1, -0.05) is 29.4 Å². The zero-order valence-electron chi connectivity index (χ0n) is 15.2. The van der Waals surface area contributed by atoms with Gasteiger partial charge in [-0.3, -0.25) is 5.10 Å². The van der Waals surface area contributed by atoms with Gasteiger partial charge in [0.1, 0.15) is 11.3 Å². The van der Waals surface area contributed by atoms with Gasteiger partial charge in [-0.2, -0.15) is 0 Å². The van der Waals surface area contributed by atoms with Crippen LogP contribution in [-0.2, 0) is 0 Å². The van der Waals surface area contributed by atoms with Crippen molar-refractivity contribution in [3.05, 3.63) is 70.9 Å². The van der Waals surface area contributed by atoms with Crippen molar-refractivity contribution in [2.75, 3.05) is 0 Å². The Morgan fingerprint density at radius 3 is 2.59 bits per heavy atom. The number of nitrogens with one attached hydrogen (secondary N) is 1. The molecule has 7 heteroatoms. The first kappa shape index (κ1) is 18.2. The van der Waals surface area contributed by atoms with Crippen LogP contribution in [0.25, 0.3) is 0 Å². The quantitative estimate of drug-likeness (QED) is 0.501. The van der Waals surface area contributed by atoms with Gasteiger partial charge in [0, 0.05) is 5.69 Å². The topological polar surface area (TPSA) is 96.8 Å². The Balaban J connectivity index is 1.88. The molecule has 0 atom stereocenters. The van der Waals surface area contributed by atoms with Crippen LogP contribution in [0.4, 0.5) is 0 Å². The lowest BCUT2D eigenvalue weighted by atomic mass is 10.1. The molecule has 0 spiro atoms. The fraction of sp³-hybridized carbons (Fsp3) is 0.150. The minimum atomic E-state index is -1.08. The van der Waals surface area contributed by atoms with Gasteiger partial charge in [-0.25, -0.2) is 4.79 Å². The maximum absolute atomic E-state index is 11.4. The van der Waals surface area contributed by atoms with E-state index >= 15 is 0 Å². The number of para-hydroxylation sites is 1. The summed E-state index contributed by atoms with van der Waals surface area (Å²) in [4.78, 5) is 16.8. The summed E-state index contributed by atoms with van der Waals surface area (Å²) in [6.45, 7) is 5.43. The van der Waals surface area contributed by atoms with Gasteiger partial charge in [-0.15, -0.1) is 5.10 Å². The molecule has 0 bridgehead atoms. The molecule has 0 saturated carbocycles. The number of aromatic carboxylic acids is 1. The highest BCUT2D eigenvalue weighted by Crippen LogP contribution is 2.26. The molecule has 3 aromatic rings. The number of aryl methyl sites for hydroxylation is 2. The standard InChI is InChI=1S/C20H19N3O4/c1-12-9-10-16(20(24)25)17(11-12)27-23-14(3)18-13(2)21-22-19(18)26-15-7-5-4-6-8-15/h4-11H,1-3H3,(H,21,22)(H,24,25)/b23-14+. The van der Waals surface area contributed by atoms with Crippen molar-refractivity contribution in [2.45, 2.75) is 20.8 Å². The molecule has 0 aliphatic heterocycles. The van der Waals surface area contributed by atoms with Crippen molar-refractivity contribution < 1.29 is 19.5 Å². The van der Waals surface area contributed by atoms with Crippen molar-refractivity contribution in [3.8, 4) is 17.4 Å². The highest BCUT2D eigenvalue weighted by molar-refractivity contribution is 6.01. The largest absolute Gasteiger partial charge is 0.478 e. The first-order valence-electron chi connectivity index (χ1n) is 8.29. The van der Waals surface area contributed by atoms with E-state index in [4.69, 9.17) is 9.57 Å². The van der Waals surface area contributed by atoms with Gasteiger partial charge in [-0.05, 0) is 50.6 Å². The molecule has 138 valence electrons. The van der Waals surface area contributed by atoms with E-state index in [1.165, 1.54) is 6.07 Å². The number of hydrogen-bond donors (Lipinski definition) is 2. The molecule has 2 N–H and O–H groups in total. The molecule has 0 saturated heterocycles. The number of carbonyl (C=O) groups is 1. The minimum absolute atomic E-state index is 0.0434. The third kappa shape index (κ3) is 4.14. The average Bonchev–Trinajstić information content (AvgIpc) is 3.00. The summed E-state index contributed by atoms with van der Waals surface area (Å²) in [5, 5.41) is 20.4. The third-order valence-electron chi connectivity index (χ3n) is 3.88. The molecule has 1 aromatic heterocycles. The molecule has 2 aromatic carbocycles. The van der Waals surface area contributed by atoms with Crippen LogP contribution in [0.3, 0.4) is 0 Å². The number of hydrogen-bond acceptors (Lipinski definition) is 5. The number of oxime groups is 1. The Morgan fingerprint density at radius 2 is 1.89 bits per heavy atom. The molecule has 0 fully saturated rings. The van der Waals surface area contributed by atoms with E-state index in [-0.39, 0.29) is 11.3 Å².